The molecule has 0 amide bonds. The zero-order valence-corrected chi connectivity index (χ0v) is 12.1. The third-order valence-electron chi connectivity index (χ3n) is 2.88. The van der Waals surface area contributed by atoms with Gasteiger partial charge in [-0.15, -0.1) is 0 Å². The highest BCUT2D eigenvalue weighted by Crippen LogP contribution is 2.26. The smallest absolute Gasteiger partial charge is 0.146 e. The number of nitrogens with two attached hydrogens (primary N) is 1. The monoisotopic (exact) mass is 294 g/mol. The van der Waals surface area contributed by atoms with Crippen LogP contribution in [0.25, 0.3) is 0 Å². The molecule has 2 rings (SSSR count). The second-order valence-electron chi connectivity index (χ2n) is 4.50. The Morgan fingerprint density at radius 3 is 2.80 bits per heavy atom. The van der Waals surface area contributed by atoms with E-state index >= 15 is 0 Å². The Bertz CT molecular complexity index is 631. The molecule has 0 saturated heterocycles. The molecule has 0 spiro atoms. The lowest BCUT2D eigenvalue weighted by Gasteiger charge is -2.12. The first-order valence-corrected chi connectivity index (χ1v) is 6.74. The average Bonchev–Trinajstić information content (AvgIpc) is 2.40. The van der Waals surface area contributed by atoms with Crippen molar-refractivity contribution in [1.82, 2.24) is 9.97 Å². The van der Waals surface area contributed by atoms with Crippen LogP contribution >= 0.6 is 11.6 Å². The minimum atomic E-state index is -0.400. The Hall–Kier alpha value is -1.88. The van der Waals surface area contributed by atoms with Crippen molar-refractivity contribution < 1.29 is 4.39 Å². The van der Waals surface area contributed by atoms with E-state index in [0.717, 1.165) is 12.8 Å². The van der Waals surface area contributed by atoms with Crippen LogP contribution < -0.4 is 11.1 Å². The third kappa shape index (κ3) is 3.17. The summed E-state index contributed by atoms with van der Waals surface area (Å²) in [5, 5.41) is 3.38. The minimum absolute atomic E-state index is 0.265. The van der Waals surface area contributed by atoms with Gasteiger partial charge in [0.25, 0.3) is 0 Å². The number of rotatable bonds is 4. The van der Waals surface area contributed by atoms with Crippen molar-refractivity contribution in [2.75, 3.05) is 11.1 Å². The van der Waals surface area contributed by atoms with Crippen LogP contribution in [0.5, 0.6) is 0 Å². The van der Waals surface area contributed by atoms with Gasteiger partial charge >= 0.3 is 0 Å². The van der Waals surface area contributed by atoms with Crippen LogP contribution in [-0.4, -0.2) is 9.97 Å². The second-order valence-corrected chi connectivity index (χ2v) is 4.93. The first kappa shape index (κ1) is 14.5. The Morgan fingerprint density at radius 2 is 2.10 bits per heavy atom. The maximum atomic E-state index is 13.7. The molecule has 4 nitrogen and oxygen atoms in total. The molecule has 0 atom stereocenters. The summed E-state index contributed by atoms with van der Waals surface area (Å²) in [6.07, 6.45) is 1.63. The highest BCUT2D eigenvalue weighted by atomic mass is 35.5. The molecule has 1 aromatic carbocycles. The number of hydrogen-bond acceptors (Lipinski definition) is 4. The molecule has 0 saturated carbocycles. The number of nitrogen functional groups attached to an aromatic ring is 1. The molecule has 1 aromatic heterocycles. The van der Waals surface area contributed by atoms with Crippen LogP contribution in [0, 0.1) is 12.7 Å². The molecule has 2 aromatic rings. The summed E-state index contributed by atoms with van der Waals surface area (Å²) in [7, 11) is 0. The molecule has 20 heavy (non-hydrogen) atoms. The first-order valence-electron chi connectivity index (χ1n) is 6.36. The average molecular weight is 295 g/mol. The molecule has 1 heterocycles. The van der Waals surface area contributed by atoms with Gasteiger partial charge in [-0.3, -0.25) is 0 Å². The van der Waals surface area contributed by atoms with Gasteiger partial charge in [0.1, 0.15) is 23.3 Å². The summed E-state index contributed by atoms with van der Waals surface area (Å²) in [6, 6.07) is 4.30. The molecule has 0 aliphatic rings. The second kappa shape index (κ2) is 6.05. The quantitative estimate of drug-likeness (QED) is 0.899. The van der Waals surface area contributed by atoms with E-state index in [9.17, 15) is 4.39 Å². The van der Waals surface area contributed by atoms with Gasteiger partial charge in [0, 0.05) is 17.0 Å². The van der Waals surface area contributed by atoms with Crippen LogP contribution in [0.15, 0.2) is 18.2 Å². The summed E-state index contributed by atoms with van der Waals surface area (Å²) in [6.45, 7) is 3.82. The van der Waals surface area contributed by atoms with Crippen molar-refractivity contribution in [2.24, 2.45) is 0 Å². The van der Waals surface area contributed by atoms with Gasteiger partial charge in [0.05, 0.1) is 5.69 Å². The Labute approximate surface area is 122 Å². The molecule has 0 aliphatic heterocycles. The van der Waals surface area contributed by atoms with Crippen molar-refractivity contribution in [1.29, 1.82) is 0 Å². The highest BCUT2D eigenvalue weighted by molar-refractivity contribution is 6.30. The van der Waals surface area contributed by atoms with Gasteiger partial charge in [0.2, 0.25) is 0 Å². The molecule has 3 N–H and O–H groups in total. The Morgan fingerprint density at radius 1 is 1.35 bits per heavy atom. The summed E-state index contributed by atoms with van der Waals surface area (Å²) in [5.74, 6) is 1.14. The summed E-state index contributed by atoms with van der Waals surface area (Å²) >= 11 is 5.87. The maximum Gasteiger partial charge on any atom is 0.146 e. The highest BCUT2D eigenvalue weighted by Gasteiger charge is 2.11. The summed E-state index contributed by atoms with van der Waals surface area (Å²) < 4.78 is 13.7. The molecule has 0 bridgehead atoms. The van der Waals surface area contributed by atoms with Crippen LogP contribution in [0.2, 0.25) is 5.02 Å². The van der Waals surface area contributed by atoms with Crippen molar-refractivity contribution in [3.05, 3.63) is 40.4 Å². The molecule has 0 radical (unpaired) electrons. The lowest BCUT2D eigenvalue weighted by molar-refractivity contribution is 0.631. The van der Waals surface area contributed by atoms with Gasteiger partial charge in [-0.2, -0.15) is 0 Å². The molecular formula is C14H16ClFN4. The van der Waals surface area contributed by atoms with E-state index < -0.39 is 5.82 Å². The van der Waals surface area contributed by atoms with Crippen molar-refractivity contribution >= 4 is 28.9 Å². The fourth-order valence-corrected chi connectivity index (χ4v) is 1.93. The van der Waals surface area contributed by atoms with E-state index in [1.807, 2.05) is 6.92 Å². The molecule has 0 aliphatic carbocycles. The molecule has 0 unspecified atom stereocenters. The topological polar surface area (TPSA) is 63.8 Å². The number of aryl methyl sites for hydroxylation is 1. The van der Waals surface area contributed by atoms with E-state index in [-0.39, 0.29) is 5.69 Å². The number of halogens is 2. The normalized spacial score (nSPS) is 10.6. The number of nitrogens with zero attached hydrogens (tertiary/aromatic N) is 2. The van der Waals surface area contributed by atoms with Gasteiger partial charge in [-0.05, 0) is 31.5 Å². The Balaban J connectivity index is 2.39. The van der Waals surface area contributed by atoms with E-state index in [1.54, 1.807) is 6.92 Å². The number of aromatic nitrogens is 2. The first-order chi connectivity index (χ1) is 9.51. The number of anilines is 3. The number of benzene rings is 1. The molecule has 6 heteroatoms. The predicted molar refractivity (Wildman–Crippen MR) is 79.9 cm³/mol. The van der Waals surface area contributed by atoms with E-state index in [2.05, 4.69) is 15.3 Å². The van der Waals surface area contributed by atoms with Crippen LogP contribution in [0.4, 0.5) is 21.7 Å². The Kier molecular flexibility index (Phi) is 4.39. The largest absolute Gasteiger partial charge is 0.383 e. The lowest BCUT2D eigenvalue weighted by Crippen LogP contribution is -2.07. The number of hydrogen-bond donors (Lipinski definition) is 2. The third-order valence-corrected chi connectivity index (χ3v) is 3.12. The van der Waals surface area contributed by atoms with Gasteiger partial charge in [-0.25, -0.2) is 14.4 Å². The van der Waals surface area contributed by atoms with Crippen LogP contribution in [0.1, 0.15) is 24.7 Å². The minimum Gasteiger partial charge on any atom is -0.383 e. The molecule has 0 fully saturated rings. The standard InChI is InChI=1S/C14H16ClFN4/c1-3-4-12-19-13(17)8(2)14(20-12)18-11-7-9(15)5-6-10(11)16/h5-7H,3-4H2,1-2H3,(H3,17,18,19,20). The van der Waals surface area contributed by atoms with Crippen molar-refractivity contribution in [2.45, 2.75) is 26.7 Å². The van der Waals surface area contributed by atoms with Gasteiger partial charge in [-0.1, -0.05) is 18.5 Å². The zero-order valence-electron chi connectivity index (χ0n) is 11.4. The lowest BCUT2D eigenvalue weighted by atomic mass is 10.2. The van der Waals surface area contributed by atoms with Gasteiger partial charge in [0.15, 0.2) is 0 Å². The van der Waals surface area contributed by atoms with E-state index in [1.165, 1.54) is 18.2 Å². The number of nitrogens with one attached hydrogen (secondary N) is 1. The van der Waals surface area contributed by atoms with Gasteiger partial charge < -0.3 is 11.1 Å². The fraction of sp³-hybridized carbons (Fsp3) is 0.286. The zero-order chi connectivity index (χ0) is 14.7. The van der Waals surface area contributed by atoms with E-state index in [4.69, 9.17) is 17.3 Å². The molecule has 106 valence electrons. The summed E-state index contributed by atoms with van der Waals surface area (Å²) in [4.78, 5) is 8.59. The maximum absolute atomic E-state index is 13.7. The predicted octanol–water partition coefficient (Wildman–Crippen LogP) is 3.86. The summed E-state index contributed by atoms with van der Waals surface area (Å²) in [5.41, 5.74) is 6.81. The van der Waals surface area contributed by atoms with Crippen LogP contribution in [-0.2, 0) is 6.42 Å². The van der Waals surface area contributed by atoms with E-state index in [0.29, 0.717) is 28.0 Å². The van der Waals surface area contributed by atoms with Crippen LogP contribution in [0.3, 0.4) is 0 Å². The SMILES string of the molecule is CCCc1nc(N)c(C)c(Nc2cc(Cl)ccc2F)n1. The fourth-order valence-electron chi connectivity index (χ4n) is 1.76. The molecular weight excluding hydrogens is 279 g/mol. The van der Waals surface area contributed by atoms with Crippen molar-refractivity contribution in [3.63, 3.8) is 0 Å². The van der Waals surface area contributed by atoms with Crippen molar-refractivity contribution in [3.8, 4) is 0 Å².